The number of halogens is 2. The monoisotopic (exact) mass is 433 g/mol. The molecule has 0 amide bonds. The molecular weight excluding hydrogens is 413 g/mol. The summed E-state index contributed by atoms with van der Waals surface area (Å²) < 4.78 is 18.6. The fourth-order valence-electron chi connectivity index (χ4n) is 2.79. The highest BCUT2D eigenvalue weighted by molar-refractivity contribution is 6.35. The van der Waals surface area contributed by atoms with E-state index in [1.807, 2.05) is 35.8 Å². The molecule has 0 aliphatic heterocycles. The van der Waals surface area contributed by atoms with Gasteiger partial charge in [-0.1, -0.05) is 29.3 Å². The molecule has 0 bridgehead atoms. The fraction of sp³-hybridized carbons (Fsp3) is 0.227. The van der Waals surface area contributed by atoms with E-state index in [-0.39, 0.29) is 12.0 Å². The van der Waals surface area contributed by atoms with Crippen LogP contribution in [0.15, 0.2) is 59.5 Å². The Hall–Kier alpha value is -2.63. The third-order valence-corrected chi connectivity index (χ3v) is 5.02. The maximum Gasteiger partial charge on any atom is 0.223 e. The van der Waals surface area contributed by atoms with E-state index in [0.717, 1.165) is 22.8 Å². The van der Waals surface area contributed by atoms with Crippen molar-refractivity contribution >= 4 is 23.2 Å². The largest absolute Gasteiger partial charge is 0.497 e. The van der Waals surface area contributed by atoms with E-state index in [2.05, 4.69) is 0 Å². The molecule has 0 saturated heterocycles. The lowest BCUT2D eigenvalue weighted by Crippen LogP contribution is -2.17. The summed E-state index contributed by atoms with van der Waals surface area (Å²) in [5, 5.41) is 1.05. The van der Waals surface area contributed by atoms with Crippen LogP contribution in [0.3, 0.4) is 0 Å². The Bertz CT molecular complexity index is 1030. The molecule has 29 heavy (non-hydrogen) atoms. The Morgan fingerprint density at radius 3 is 2.38 bits per heavy atom. The molecular formula is C22H21Cl2NO4. The molecule has 0 atom stereocenters. The number of hydrogen-bond acceptors (Lipinski definition) is 4. The molecule has 2 aromatic carbocycles. The van der Waals surface area contributed by atoms with Gasteiger partial charge < -0.3 is 18.8 Å². The zero-order chi connectivity index (χ0) is 20.8. The van der Waals surface area contributed by atoms with Crippen molar-refractivity contribution in [2.24, 2.45) is 0 Å². The van der Waals surface area contributed by atoms with Crippen molar-refractivity contribution in [2.45, 2.75) is 20.1 Å². The Kier molecular flexibility index (Phi) is 7.07. The number of pyridine rings is 1. The molecule has 0 unspecified atom stereocenters. The molecule has 0 N–H and O–H groups in total. The van der Waals surface area contributed by atoms with E-state index in [9.17, 15) is 4.79 Å². The standard InChI is InChI=1S/C22H21Cl2NO4/c1-15-22(29-14-16-3-4-17(23)13-20(16)24)21(26)9-10-25(15)11-12-28-19-7-5-18(27-2)6-8-19/h3-10,13H,11-12,14H2,1-2H3. The summed E-state index contributed by atoms with van der Waals surface area (Å²) in [5.41, 5.74) is 1.30. The maximum absolute atomic E-state index is 12.3. The lowest BCUT2D eigenvalue weighted by atomic mass is 10.2. The van der Waals surface area contributed by atoms with Crippen LogP contribution in [-0.4, -0.2) is 18.3 Å². The molecule has 0 spiro atoms. The number of methoxy groups -OCH3 is 1. The Morgan fingerprint density at radius 1 is 0.966 bits per heavy atom. The molecule has 3 aromatic rings. The molecule has 0 aliphatic rings. The molecule has 0 radical (unpaired) electrons. The highest BCUT2D eigenvalue weighted by atomic mass is 35.5. The highest BCUT2D eigenvalue weighted by Crippen LogP contribution is 2.23. The van der Waals surface area contributed by atoms with Gasteiger partial charge in [-0.15, -0.1) is 0 Å². The van der Waals surface area contributed by atoms with Gasteiger partial charge in [0.1, 0.15) is 24.7 Å². The van der Waals surface area contributed by atoms with Crippen molar-refractivity contribution in [2.75, 3.05) is 13.7 Å². The number of hydrogen-bond donors (Lipinski definition) is 0. The highest BCUT2D eigenvalue weighted by Gasteiger charge is 2.11. The van der Waals surface area contributed by atoms with Crippen LogP contribution in [-0.2, 0) is 13.2 Å². The Labute approximate surface area is 179 Å². The Balaban J connectivity index is 1.65. The number of ether oxygens (including phenoxy) is 3. The van der Waals surface area contributed by atoms with Crippen molar-refractivity contribution in [3.63, 3.8) is 0 Å². The van der Waals surface area contributed by atoms with Crippen molar-refractivity contribution in [1.29, 1.82) is 0 Å². The second-order valence-electron chi connectivity index (χ2n) is 6.34. The van der Waals surface area contributed by atoms with E-state index in [1.165, 1.54) is 6.07 Å². The molecule has 0 aliphatic carbocycles. The third-order valence-electron chi connectivity index (χ3n) is 4.44. The van der Waals surface area contributed by atoms with E-state index in [0.29, 0.717) is 28.9 Å². The van der Waals surface area contributed by atoms with Gasteiger partial charge in [0, 0.05) is 27.9 Å². The number of aromatic nitrogens is 1. The van der Waals surface area contributed by atoms with Crippen LogP contribution in [0.25, 0.3) is 0 Å². The van der Waals surface area contributed by atoms with Crippen LogP contribution in [0, 0.1) is 6.92 Å². The van der Waals surface area contributed by atoms with Gasteiger partial charge in [-0.05, 0) is 43.3 Å². The molecule has 1 heterocycles. The summed E-state index contributed by atoms with van der Waals surface area (Å²) in [6.45, 7) is 3.03. The van der Waals surface area contributed by atoms with Crippen molar-refractivity contribution in [3.05, 3.63) is 86.3 Å². The average Bonchev–Trinajstić information content (AvgIpc) is 2.71. The molecule has 152 valence electrons. The second kappa shape index (κ2) is 9.72. The van der Waals surface area contributed by atoms with Gasteiger partial charge in [0.05, 0.1) is 19.3 Å². The normalized spacial score (nSPS) is 10.6. The van der Waals surface area contributed by atoms with Gasteiger partial charge in [0.25, 0.3) is 0 Å². The van der Waals surface area contributed by atoms with Gasteiger partial charge in [0.15, 0.2) is 5.75 Å². The van der Waals surface area contributed by atoms with E-state index in [1.54, 1.807) is 31.5 Å². The van der Waals surface area contributed by atoms with E-state index in [4.69, 9.17) is 37.4 Å². The lowest BCUT2D eigenvalue weighted by molar-refractivity contribution is 0.283. The molecule has 7 heteroatoms. The first-order chi connectivity index (χ1) is 14.0. The van der Waals surface area contributed by atoms with Crippen LogP contribution in [0.4, 0.5) is 0 Å². The predicted molar refractivity (Wildman–Crippen MR) is 115 cm³/mol. The number of nitrogens with zero attached hydrogens (tertiary/aromatic N) is 1. The minimum Gasteiger partial charge on any atom is -0.497 e. The molecule has 1 aromatic heterocycles. The molecule has 3 rings (SSSR count). The van der Waals surface area contributed by atoms with Crippen molar-refractivity contribution < 1.29 is 14.2 Å². The summed E-state index contributed by atoms with van der Waals surface area (Å²) in [4.78, 5) is 12.3. The van der Waals surface area contributed by atoms with Crippen LogP contribution in [0.2, 0.25) is 10.0 Å². The summed E-state index contributed by atoms with van der Waals surface area (Å²) in [6.07, 6.45) is 1.73. The quantitative estimate of drug-likeness (QED) is 0.493. The van der Waals surface area contributed by atoms with Crippen LogP contribution < -0.4 is 19.6 Å². The SMILES string of the molecule is COc1ccc(OCCn2ccc(=O)c(OCc3ccc(Cl)cc3Cl)c2C)cc1. The zero-order valence-corrected chi connectivity index (χ0v) is 17.7. The maximum atomic E-state index is 12.3. The van der Waals surface area contributed by atoms with Gasteiger partial charge in [-0.25, -0.2) is 0 Å². The van der Waals surface area contributed by atoms with Gasteiger partial charge >= 0.3 is 0 Å². The minimum absolute atomic E-state index is 0.179. The summed E-state index contributed by atoms with van der Waals surface area (Å²) in [6, 6.07) is 14.0. The van der Waals surface area contributed by atoms with Crippen LogP contribution >= 0.6 is 23.2 Å². The van der Waals surface area contributed by atoms with Gasteiger partial charge in [-0.2, -0.15) is 0 Å². The minimum atomic E-state index is -0.181. The Morgan fingerprint density at radius 2 is 1.69 bits per heavy atom. The lowest BCUT2D eigenvalue weighted by Gasteiger charge is -2.16. The fourth-order valence-corrected chi connectivity index (χ4v) is 3.26. The van der Waals surface area contributed by atoms with E-state index < -0.39 is 0 Å². The second-order valence-corrected chi connectivity index (χ2v) is 7.18. The topological polar surface area (TPSA) is 49.7 Å². The summed E-state index contributed by atoms with van der Waals surface area (Å²) in [7, 11) is 1.62. The summed E-state index contributed by atoms with van der Waals surface area (Å²) >= 11 is 12.1. The number of rotatable bonds is 8. The molecule has 0 saturated carbocycles. The first kappa shape index (κ1) is 21.1. The number of benzene rings is 2. The van der Waals surface area contributed by atoms with Crippen molar-refractivity contribution in [1.82, 2.24) is 4.57 Å². The summed E-state index contributed by atoms with van der Waals surface area (Å²) in [5.74, 6) is 1.82. The van der Waals surface area contributed by atoms with Crippen LogP contribution in [0.1, 0.15) is 11.3 Å². The zero-order valence-electron chi connectivity index (χ0n) is 16.2. The van der Waals surface area contributed by atoms with Crippen LogP contribution in [0.5, 0.6) is 17.2 Å². The van der Waals surface area contributed by atoms with Crippen molar-refractivity contribution in [3.8, 4) is 17.2 Å². The first-order valence-electron chi connectivity index (χ1n) is 9.01. The first-order valence-corrected chi connectivity index (χ1v) is 9.77. The van der Waals surface area contributed by atoms with Gasteiger partial charge in [0.2, 0.25) is 5.43 Å². The van der Waals surface area contributed by atoms with E-state index >= 15 is 0 Å². The molecule has 5 nitrogen and oxygen atoms in total. The molecule has 0 fully saturated rings. The smallest absolute Gasteiger partial charge is 0.223 e. The average molecular weight is 434 g/mol. The third kappa shape index (κ3) is 5.46. The predicted octanol–water partition coefficient (Wildman–Crippen LogP) is 5.13. The van der Waals surface area contributed by atoms with Gasteiger partial charge in [-0.3, -0.25) is 4.79 Å².